The maximum Gasteiger partial charge on any atom is 0.256 e. The van der Waals surface area contributed by atoms with Crippen LogP contribution in [0.2, 0.25) is 5.02 Å². The van der Waals surface area contributed by atoms with Crippen LogP contribution in [-0.4, -0.2) is 44.6 Å². The number of nitrogens with one attached hydrogen (secondary N) is 2. The number of halogens is 1. The Kier molecular flexibility index (Phi) is 5.02. The predicted octanol–water partition coefficient (Wildman–Crippen LogP) is 2.88. The van der Waals surface area contributed by atoms with Crippen molar-refractivity contribution in [3.63, 3.8) is 0 Å². The van der Waals surface area contributed by atoms with Gasteiger partial charge in [-0.25, -0.2) is 0 Å². The van der Waals surface area contributed by atoms with Crippen molar-refractivity contribution in [2.24, 2.45) is 0 Å². The van der Waals surface area contributed by atoms with E-state index >= 15 is 0 Å². The first kappa shape index (κ1) is 18.5. The van der Waals surface area contributed by atoms with Gasteiger partial charge in [0.25, 0.3) is 5.91 Å². The van der Waals surface area contributed by atoms with Gasteiger partial charge in [0.05, 0.1) is 11.7 Å². The molecule has 3 N–H and O–H groups in total. The highest BCUT2D eigenvalue weighted by Crippen LogP contribution is 2.26. The third-order valence-corrected chi connectivity index (χ3v) is 5.22. The van der Waals surface area contributed by atoms with Crippen LogP contribution in [0.1, 0.15) is 24.5 Å². The first-order valence-electron chi connectivity index (χ1n) is 9.01. The maximum absolute atomic E-state index is 12.8. The molecule has 2 atom stereocenters. The van der Waals surface area contributed by atoms with Crippen molar-refractivity contribution in [3.05, 3.63) is 59.2 Å². The lowest BCUT2D eigenvalue weighted by atomic mass is 10.1. The second kappa shape index (κ2) is 7.61. The zero-order valence-corrected chi connectivity index (χ0v) is 15.7. The number of amides is 2. The number of carbonyl (C=O) groups is 2. The number of anilines is 1. The largest absolute Gasteiger partial charge is 0.378 e. The van der Waals surface area contributed by atoms with Gasteiger partial charge in [0.2, 0.25) is 5.91 Å². The summed E-state index contributed by atoms with van der Waals surface area (Å²) < 4.78 is 0. The smallest absolute Gasteiger partial charge is 0.256 e. The summed E-state index contributed by atoms with van der Waals surface area (Å²) in [5.41, 5.74) is 1.96. The van der Waals surface area contributed by atoms with E-state index in [9.17, 15) is 14.7 Å². The number of rotatable bonds is 4. The average Bonchev–Trinajstić information content (AvgIpc) is 3.36. The summed E-state index contributed by atoms with van der Waals surface area (Å²) in [6.07, 6.45) is 1.61. The molecule has 1 saturated heterocycles. The minimum absolute atomic E-state index is 0.267. The molecule has 2 aromatic carbocycles. The van der Waals surface area contributed by atoms with Gasteiger partial charge < -0.3 is 15.3 Å². The van der Waals surface area contributed by atoms with Crippen LogP contribution < -0.4 is 5.32 Å². The predicted molar refractivity (Wildman–Crippen MR) is 106 cm³/mol. The summed E-state index contributed by atoms with van der Waals surface area (Å²) in [6.45, 7) is 0.433. The number of fused-ring (bicyclic) bond motifs is 1. The first-order chi connectivity index (χ1) is 13.5. The fraction of sp³-hybridized carbons (Fsp3) is 0.250. The van der Waals surface area contributed by atoms with Crippen LogP contribution in [0.4, 0.5) is 5.69 Å². The topological polar surface area (TPSA) is 98.3 Å². The van der Waals surface area contributed by atoms with Crippen molar-refractivity contribution in [2.45, 2.75) is 25.0 Å². The van der Waals surface area contributed by atoms with E-state index in [-0.39, 0.29) is 5.91 Å². The standard InChI is InChI=1S/C20H19ClN4O3/c21-14-5-3-12(4-6-14)18(26)20(28)25-9-1-2-17(25)19(27)23-15-7-8-16-13(10-15)11-22-24-16/h3-8,10-11,17-18,26H,1-2,9H2,(H,22,24)(H,23,27)/t17-,18?/m0/s1. The summed E-state index contributed by atoms with van der Waals surface area (Å²) >= 11 is 5.86. The molecular formula is C20H19ClN4O3. The molecule has 0 aliphatic carbocycles. The van der Waals surface area contributed by atoms with E-state index in [4.69, 9.17) is 11.6 Å². The Bertz CT molecular complexity index is 1020. The van der Waals surface area contributed by atoms with Crippen LogP contribution in [0.15, 0.2) is 48.7 Å². The summed E-state index contributed by atoms with van der Waals surface area (Å²) in [7, 11) is 0. The Morgan fingerprint density at radius 3 is 2.82 bits per heavy atom. The van der Waals surface area contributed by atoms with E-state index in [1.165, 1.54) is 4.90 Å². The molecule has 144 valence electrons. The summed E-state index contributed by atoms with van der Waals surface area (Å²) in [5, 5.41) is 21.5. The third kappa shape index (κ3) is 3.58. The number of H-pyrrole nitrogens is 1. The highest BCUT2D eigenvalue weighted by atomic mass is 35.5. The lowest BCUT2D eigenvalue weighted by Crippen LogP contribution is -2.45. The highest BCUT2D eigenvalue weighted by Gasteiger charge is 2.37. The van der Waals surface area contributed by atoms with E-state index in [2.05, 4.69) is 15.5 Å². The van der Waals surface area contributed by atoms with Crippen molar-refractivity contribution < 1.29 is 14.7 Å². The number of aliphatic hydroxyl groups is 1. The fourth-order valence-corrected chi connectivity index (χ4v) is 3.62. The van der Waals surface area contributed by atoms with Gasteiger partial charge in [0.15, 0.2) is 6.10 Å². The molecule has 28 heavy (non-hydrogen) atoms. The zero-order chi connectivity index (χ0) is 19.7. The average molecular weight is 399 g/mol. The normalized spacial score (nSPS) is 17.6. The van der Waals surface area contributed by atoms with E-state index in [1.807, 2.05) is 12.1 Å². The van der Waals surface area contributed by atoms with Crippen molar-refractivity contribution in [1.29, 1.82) is 0 Å². The Labute approximate surface area is 166 Å². The summed E-state index contributed by atoms with van der Waals surface area (Å²) in [5.74, 6) is -0.748. The Balaban J connectivity index is 1.48. The second-order valence-electron chi connectivity index (χ2n) is 6.81. The molecule has 4 rings (SSSR count). The van der Waals surface area contributed by atoms with Crippen LogP contribution in [-0.2, 0) is 9.59 Å². The number of hydrogen-bond acceptors (Lipinski definition) is 4. The van der Waals surface area contributed by atoms with Crippen LogP contribution in [0.5, 0.6) is 0 Å². The Morgan fingerprint density at radius 1 is 1.25 bits per heavy atom. The monoisotopic (exact) mass is 398 g/mol. The number of likely N-dealkylation sites (tertiary alicyclic amines) is 1. The molecule has 0 bridgehead atoms. The van der Waals surface area contributed by atoms with Crippen LogP contribution in [0, 0.1) is 0 Å². The SMILES string of the molecule is O=C(Nc1ccc2[nH]ncc2c1)[C@@H]1CCCN1C(=O)C(O)c1ccc(Cl)cc1. The molecule has 1 fully saturated rings. The molecule has 7 nitrogen and oxygen atoms in total. The van der Waals surface area contributed by atoms with Crippen molar-refractivity contribution in [2.75, 3.05) is 11.9 Å². The molecule has 0 radical (unpaired) electrons. The molecule has 0 saturated carbocycles. The zero-order valence-electron chi connectivity index (χ0n) is 14.9. The molecule has 2 amide bonds. The molecule has 1 aliphatic rings. The molecule has 0 spiro atoms. The molecule has 1 unspecified atom stereocenters. The highest BCUT2D eigenvalue weighted by molar-refractivity contribution is 6.30. The molecule has 3 aromatic rings. The van der Waals surface area contributed by atoms with Crippen molar-refractivity contribution in [3.8, 4) is 0 Å². The fourth-order valence-electron chi connectivity index (χ4n) is 3.49. The minimum Gasteiger partial charge on any atom is -0.378 e. The van der Waals surface area contributed by atoms with Crippen molar-refractivity contribution >= 4 is 40.0 Å². The van der Waals surface area contributed by atoms with Gasteiger partial charge in [-0.1, -0.05) is 23.7 Å². The van der Waals surface area contributed by atoms with Gasteiger partial charge >= 0.3 is 0 Å². The quantitative estimate of drug-likeness (QED) is 0.629. The van der Waals surface area contributed by atoms with Crippen LogP contribution in [0.25, 0.3) is 10.9 Å². The number of aromatic nitrogens is 2. The van der Waals surface area contributed by atoms with Crippen LogP contribution in [0.3, 0.4) is 0 Å². The number of aliphatic hydroxyl groups excluding tert-OH is 1. The minimum atomic E-state index is -1.33. The molecule has 1 aliphatic heterocycles. The third-order valence-electron chi connectivity index (χ3n) is 4.97. The number of nitrogens with zero attached hydrogens (tertiary/aromatic N) is 2. The van der Waals surface area contributed by atoms with E-state index in [0.717, 1.165) is 10.9 Å². The van der Waals surface area contributed by atoms with Gasteiger partial charge in [0, 0.05) is 22.6 Å². The lowest BCUT2D eigenvalue weighted by Gasteiger charge is -2.26. The van der Waals surface area contributed by atoms with E-state index in [0.29, 0.717) is 35.7 Å². The van der Waals surface area contributed by atoms with Crippen LogP contribution >= 0.6 is 11.6 Å². The summed E-state index contributed by atoms with van der Waals surface area (Å²) in [6, 6.07) is 11.3. The van der Waals surface area contributed by atoms with Gasteiger partial charge in [-0.15, -0.1) is 0 Å². The number of hydrogen-bond donors (Lipinski definition) is 3. The Hall–Kier alpha value is -2.90. The van der Waals surface area contributed by atoms with Crippen molar-refractivity contribution in [1.82, 2.24) is 15.1 Å². The maximum atomic E-state index is 12.8. The molecule has 8 heteroatoms. The summed E-state index contributed by atoms with van der Waals surface area (Å²) in [4.78, 5) is 27.0. The molecule has 1 aromatic heterocycles. The number of benzene rings is 2. The van der Waals surface area contributed by atoms with Gasteiger partial charge in [0.1, 0.15) is 6.04 Å². The Morgan fingerprint density at radius 2 is 2.04 bits per heavy atom. The number of aromatic amines is 1. The van der Waals surface area contributed by atoms with E-state index in [1.54, 1.807) is 36.5 Å². The lowest BCUT2D eigenvalue weighted by molar-refractivity contribution is -0.144. The van der Waals surface area contributed by atoms with E-state index < -0.39 is 18.1 Å². The van der Waals surface area contributed by atoms with Gasteiger partial charge in [-0.2, -0.15) is 5.10 Å². The van der Waals surface area contributed by atoms with Gasteiger partial charge in [-0.05, 0) is 48.7 Å². The number of carbonyl (C=O) groups excluding carboxylic acids is 2. The second-order valence-corrected chi connectivity index (χ2v) is 7.24. The molecular weight excluding hydrogens is 380 g/mol. The first-order valence-corrected chi connectivity index (χ1v) is 9.39. The molecule has 2 heterocycles. The van der Waals surface area contributed by atoms with Gasteiger partial charge in [-0.3, -0.25) is 14.7 Å².